The zero-order valence-corrected chi connectivity index (χ0v) is 10.9. The largest absolute Gasteiger partial charge is 0.396 e. The predicted octanol–water partition coefficient (Wildman–Crippen LogP) is 1.33. The van der Waals surface area contributed by atoms with Crippen LogP contribution in [0.4, 0.5) is 0 Å². The summed E-state index contributed by atoms with van der Waals surface area (Å²) in [6.45, 7) is 1.75. The summed E-state index contributed by atoms with van der Waals surface area (Å²) in [6, 6.07) is 9.20. The molecule has 0 bridgehead atoms. The van der Waals surface area contributed by atoms with Crippen LogP contribution in [0.15, 0.2) is 24.3 Å². The highest BCUT2D eigenvalue weighted by atomic mass is 16.3. The quantitative estimate of drug-likeness (QED) is 0.886. The molecule has 1 saturated heterocycles. The third-order valence-electron chi connectivity index (χ3n) is 3.61. The van der Waals surface area contributed by atoms with Crippen LogP contribution < -0.4 is 0 Å². The molecule has 0 aliphatic carbocycles. The lowest BCUT2D eigenvalue weighted by atomic mass is 10.1. The lowest BCUT2D eigenvalue weighted by Crippen LogP contribution is -2.30. The van der Waals surface area contributed by atoms with E-state index in [1.807, 2.05) is 17.0 Å². The van der Waals surface area contributed by atoms with Crippen LogP contribution in [0.3, 0.4) is 0 Å². The van der Waals surface area contributed by atoms with Gasteiger partial charge in [-0.3, -0.25) is 4.79 Å². The molecule has 19 heavy (non-hydrogen) atoms. The van der Waals surface area contributed by atoms with Crippen LogP contribution >= 0.6 is 0 Å². The van der Waals surface area contributed by atoms with E-state index in [1.165, 1.54) is 0 Å². The van der Waals surface area contributed by atoms with Crippen molar-refractivity contribution >= 4 is 5.91 Å². The van der Waals surface area contributed by atoms with E-state index < -0.39 is 0 Å². The number of aliphatic hydroxyl groups excluding tert-OH is 1. The maximum absolute atomic E-state index is 12.1. The molecule has 100 valence electrons. The summed E-state index contributed by atoms with van der Waals surface area (Å²) in [5.41, 5.74) is 1.55. The molecule has 0 radical (unpaired) electrons. The highest BCUT2D eigenvalue weighted by Crippen LogP contribution is 2.20. The number of nitrogens with zero attached hydrogens (tertiary/aromatic N) is 2. The number of aliphatic hydroxyl groups is 1. The molecule has 2 rings (SSSR count). The Hall–Kier alpha value is -1.86. The van der Waals surface area contributed by atoms with E-state index in [0.29, 0.717) is 17.9 Å². The van der Waals surface area contributed by atoms with Crippen LogP contribution in [-0.4, -0.2) is 35.6 Å². The Labute approximate surface area is 113 Å². The van der Waals surface area contributed by atoms with Crippen molar-refractivity contribution in [1.82, 2.24) is 4.90 Å². The molecule has 1 atom stereocenters. The van der Waals surface area contributed by atoms with Gasteiger partial charge in [-0.05, 0) is 36.5 Å². The Morgan fingerprint density at radius 3 is 2.79 bits per heavy atom. The molecule has 1 N–H and O–H groups in total. The van der Waals surface area contributed by atoms with E-state index in [0.717, 1.165) is 31.5 Å². The number of benzene rings is 1. The fourth-order valence-corrected chi connectivity index (χ4v) is 2.46. The molecule has 0 saturated carbocycles. The summed E-state index contributed by atoms with van der Waals surface area (Å²) >= 11 is 0. The molecule has 4 heteroatoms. The summed E-state index contributed by atoms with van der Waals surface area (Å²) in [7, 11) is 0. The van der Waals surface area contributed by atoms with E-state index in [-0.39, 0.29) is 12.5 Å². The van der Waals surface area contributed by atoms with Gasteiger partial charge in [-0.2, -0.15) is 5.26 Å². The van der Waals surface area contributed by atoms with Gasteiger partial charge in [0.25, 0.3) is 0 Å². The first kappa shape index (κ1) is 13.6. The lowest BCUT2D eigenvalue weighted by molar-refractivity contribution is -0.129. The molecular weight excluding hydrogens is 240 g/mol. The summed E-state index contributed by atoms with van der Waals surface area (Å²) in [5, 5.41) is 17.6. The first-order valence-corrected chi connectivity index (χ1v) is 6.60. The number of amides is 1. The molecular formula is C15H18N2O2. The second-order valence-corrected chi connectivity index (χ2v) is 4.99. The summed E-state index contributed by atoms with van der Waals surface area (Å²) in [4.78, 5) is 14.0. The molecule has 1 aliphatic heterocycles. The second kappa shape index (κ2) is 6.35. The lowest BCUT2D eigenvalue weighted by Gasteiger charge is -2.16. The monoisotopic (exact) mass is 258 g/mol. The molecule has 0 spiro atoms. The van der Waals surface area contributed by atoms with E-state index in [9.17, 15) is 4.79 Å². The van der Waals surface area contributed by atoms with E-state index >= 15 is 0 Å². The van der Waals surface area contributed by atoms with Crippen LogP contribution in [0.2, 0.25) is 0 Å². The highest BCUT2D eigenvalue weighted by molar-refractivity contribution is 5.79. The zero-order chi connectivity index (χ0) is 13.7. The summed E-state index contributed by atoms with van der Waals surface area (Å²) in [5.74, 6) is 0.570. The fraction of sp³-hybridized carbons (Fsp3) is 0.467. The maximum atomic E-state index is 12.1. The van der Waals surface area contributed by atoms with Gasteiger partial charge in [0.05, 0.1) is 18.1 Å². The molecule has 1 unspecified atom stereocenters. The molecule has 4 nitrogen and oxygen atoms in total. The Morgan fingerprint density at radius 2 is 2.16 bits per heavy atom. The van der Waals surface area contributed by atoms with Gasteiger partial charge < -0.3 is 10.0 Å². The van der Waals surface area contributed by atoms with Gasteiger partial charge in [-0.25, -0.2) is 0 Å². The van der Waals surface area contributed by atoms with Crippen molar-refractivity contribution in [3.05, 3.63) is 35.4 Å². The van der Waals surface area contributed by atoms with Gasteiger partial charge in [-0.1, -0.05) is 12.1 Å². The number of rotatable bonds is 4. The minimum atomic E-state index is 0.130. The SMILES string of the molecule is N#Cc1ccc(CC(=O)N2CCC(CCO)C2)cc1. The van der Waals surface area contributed by atoms with Crippen molar-refractivity contribution in [2.45, 2.75) is 19.3 Å². The zero-order valence-electron chi connectivity index (χ0n) is 10.9. The van der Waals surface area contributed by atoms with Gasteiger partial charge in [0, 0.05) is 19.7 Å². The number of carbonyl (C=O) groups is 1. The van der Waals surface area contributed by atoms with E-state index in [2.05, 4.69) is 6.07 Å². The fourth-order valence-electron chi connectivity index (χ4n) is 2.46. The Balaban J connectivity index is 1.89. The number of hydrogen-bond acceptors (Lipinski definition) is 3. The minimum absolute atomic E-state index is 0.130. The second-order valence-electron chi connectivity index (χ2n) is 4.99. The van der Waals surface area contributed by atoms with E-state index in [4.69, 9.17) is 10.4 Å². The maximum Gasteiger partial charge on any atom is 0.226 e. The Morgan fingerprint density at radius 1 is 1.42 bits per heavy atom. The molecule has 0 aromatic heterocycles. The summed E-state index contributed by atoms with van der Waals surface area (Å²) < 4.78 is 0. The molecule has 1 heterocycles. The van der Waals surface area contributed by atoms with Gasteiger partial charge in [0.15, 0.2) is 0 Å². The van der Waals surface area contributed by atoms with Gasteiger partial charge in [0.2, 0.25) is 5.91 Å². The first-order chi connectivity index (χ1) is 9.22. The standard InChI is InChI=1S/C15H18N2O2/c16-10-13-3-1-12(2-4-13)9-15(19)17-7-5-14(11-17)6-8-18/h1-4,14,18H,5-9,11H2. The van der Waals surface area contributed by atoms with Gasteiger partial charge >= 0.3 is 0 Å². The number of hydrogen-bond donors (Lipinski definition) is 1. The van der Waals surface area contributed by atoms with Crippen molar-refractivity contribution in [3.63, 3.8) is 0 Å². The third kappa shape index (κ3) is 3.55. The average molecular weight is 258 g/mol. The molecule has 1 aliphatic rings. The molecule has 1 amide bonds. The van der Waals surface area contributed by atoms with Crippen LogP contribution in [0.25, 0.3) is 0 Å². The van der Waals surface area contributed by atoms with Crippen LogP contribution in [-0.2, 0) is 11.2 Å². The summed E-state index contributed by atoms with van der Waals surface area (Å²) in [6.07, 6.45) is 2.15. The van der Waals surface area contributed by atoms with Crippen LogP contribution in [0, 0.1) is 17.2 Å². The first-order valence-electron chi connectivity index (χ1n) is 6.60. The van der Waals surface area contributed by atoms with Crippen molar-refractivity contribution in [2.24, 2.45) is 5.92 Å². The van der Waals surface area contributed by atoms with Crippen LogP contribution in [0.5, 0.6) is 0 Å². The van der Waals surface area contributed by atoms with Crippen molar-refractivity contribution in [2.75, 3.05) is 19.7 Å². The Kier molecular flexibility index (Phi) is 4.53. The topological polar surface area (TPSA) is 64.3 Å². The smallest absolute Gasteiger partial charge is 0.226 e. The molecule has 1 aromatic rings. The van der Waals surface area contributed by atoms with E-state index in [1.54, 1.807) is 12.1 Å². The Bertz CT molecular complexity index is 476. The van der Waals surface area contributed by atoms with Gasteiger partial charge in [0.1, 0.15) is 0 Å². The van der Waals surface area contributed by atoms with Crippen LogP contribution in [0.1, 0.15) is 24.0 Å². The normalized spacial score (nSPS) is 18.3. The molecule has 1 aromatic carbocycles. The number of carbonyl (C=O) groups excluding carboxylic acids is 1. The predicted molar refractivity (Wildman–Crippen MR) is 71.3 cm³/mol. The minimum Gasteiger partial charge on any atom is -0.396 e. The van der Waals surface area contributed by atoms with Crippen molar-refractivity contribution in [3.8, 4) is 6.07 Å². The van der Waals surface area contributed by atoms with Crippen molar-refractivity contribution in [1.29, 1.82) is 5.26 Å². The highest BCUT2D eigenvalue weighted by Gasteiger charge is 2.25. The molecule has 1 fully saturated rings. The number of nitriles is 1. The average Bonchev–Trinajstić information content (AvgIpc) is 2.89. The van der Waals surface area contributed by atoms with Gasteiger partial charge in [-0.15, -0.1) is 0 Å². The number of likely N-dealkylation sites (tertiary alicyclic amines) is 1. The van der Waals surface area contributed by atoms with Crippen molar-refractivity contribution < 1.29 is 9.90 Å². The third-order valence-corrected chi connectivity index (χ3v) is 3.61.